The zero-order valence-electron chi connectivity index (χ0n) is 10.2. The van der Waals surface area contributed by atoms with Gasteiger partial charge in [-0.05, 0) is 51.6 Å². The van der Waals surface area contributed by atoms with Crippen LogP contribution in [0.5, 0.6) is 0 Å². The molecule has 4 nitrogen and oxygen atoms in total. The lowest BCUT2D eigenvalue weighted by atomic mass is 9.94. The summed E-state index contributed by atoms with van der Waals surface area (Å²) in [6.45, 7) is 1.94. The van der Waals surface area contributed by atoms with E-state index in [9.17, 15) is 9.59 Å². The average molecular weight is 236 g/mol. The van der Waals surface area contributed by atoms with Crippen molar-refractivity contribution in [3.05, 3.63) is 0 Å². The van der Waals surface area contributed by atoms with Gasteiger partial charge < -0.3 is 5.32 Å². The minimum absolute atomic E-state index is 0.121. The number of carbonyl (C=O) groups excluding carboxylic acids is 2. The molecule has 0 aromatic heterocycles. The Kier molecular flexibility index (Phi) is 2.90. The summed E-state index contributed by atoms with van der Waals surface area (Å²) in [5.74, 6) is 0.536. The van der Waals surface area contributed by atoms with Gasteiger partial charge in [0.05, 0.1) is 0 Å². The maximum atomic E-state index is 12.3. The number of nitrogens with zero attached hydrogens (tertiary/aromatic N) is 1. The highest BCUT2D eigenvalue weighted by molar-refractivity contribution is 6.01. The predicted molar refractivity (Wildman–Crippen MR) is 63.2 cm³/mol. The number of piperidine rings is 1. The number of hydrogen-bond donors (Lipinski definition) is 1. The van der Waals surface area contributed by atoms with Crippen molar-refractivity contribution in [1.82, 2.24) is 10.2 Å². The lowest BCUT2D eigenvalue weighted by molar-refractivity contribution is -0.156. The van der Waals surface area contributed by atoms with Crippen LogP contribution in [0.2, 0.25) is 0 Å². The average Bonchev–Trinajstić information content (AvgIpc) is 2.61. The van der Waals surface area contributed by atoms with Gasteiger partial charge in [0.25, 0.3) is 0 Å². The van der Waals surface area contributed by atoms with E-state index >= 15 is 0 Å². The zero-order valence-corrected chi connectivity index (χ0v) is 10.2. The molecule has 2 saturated heterocycles. The van der Waals surface area contributed by atoms with Crippen LogP contribution in [0, 0.1) is 11.8 Å². The van der Waals surface area contributed by atoms with Crippen molar-refractivity contribution in [2.45, 2.75) is 44.6 Å². The number of carbonyl (C=O) groups is 2. The lowest BCUT2D eigenvalue weighted by Crippen LogP contribution is -2.51. The molecule has 0 spiro atoms. The summed E-state index contributed by atoms with van der Waals surface area (Å²) in [4.78, 5) is 26.2. The molecule has 3 unspecified atom stereocenters. The molecule has 2 bridgehead atoms. The summed E-state index contributed by atoms with van der Waals surface area (Å²) in [6, 6.07) is 0.161. The first-order valence-corrected chi connectivity index (χ1v) is 6.85. The molecule has 4 heteroatoms. The zero-order chi connectivity index (χ0) is 11.8. The molecule has 17 heavy (non-hydrogen) atoms. The van der Waals surface area contributed by atoms with Gasteiger partial charge in [0.15, 0.2) is 0 Å². The molecule has 0 radical (unpaired) electrons. The van der Waals surface area contributed by atoms with Crippen LogP contribution >= 0.6 is 0 Å². The Bertz CT molecular complexity index is 312. The van der Waals surface area contributed by atoms with Crippen LogP contribution in [0.15, 0.2) is 0 Å². The van der Waals surface area contributed by atoms with E-state index in [0.29, 0.717) is 0 Å². The number of fused-ring (bicyclic) bond motifs is 2. The summed E-state index contributed by atoms with van der Waals surface area (Å²) < 4.78 is 0. The maximum Gasteiger partial charge on any atom is 0.232 e. The number of nitrogens with one attached hydrogen (secondary N) is 1. The van der Waals surface area contributed by atoms with E-state index in [1.54, 1.807) is 4.90 Å². The molecular weight excluding hydrogens is 216 g/mol. The molecule has 1 saturated carbocycles. The second-order valence-corrected chi connectivity index (χ2v) is 5.59. The van der Waals surface area contributed by atoms with Gasteiger partial charge in [0.2, 0.25) is 11.8 Å². The summed E-state index contributed by atoms with van der Waals surface area (Å²) >= 11 is 0. The molecule has 3 rings (SSSR count). The SMILES string of the molecule is O=C1C2CCC(C2)C(=O)N1C1CCCNCC1. The minimum atomic E-state index is 0.121. The van der Waals surface area contributed by atoms with E-state index < -0.39 is 0 Å². The second kappa shape index (κ2) is 4.41. The lowest BCUT2D eigenvalue weighted by Gasteiger charge is -2.35. The second-order valence-electron chi connectivity index (χ2n) is 5.59. The van der Waals surface area contributed by atoms with E-state index in [1.807, 2.05) is 0 Å². The summed E-state index contributed by atoms with van der Waals surface area (Å²) in [5, 5.41) is 3.33. The van der Waals surface area contributed by atoms with Crippen molar-refractivity contribution in [2.75, 3.05) is 13.1 Å². The van der Waals surface area contributed by atoms with Crippen molar-refractivity contribution in [2.24, 2.45) is 11.8 Å². The topological polar surface area (TPSA) is 49.4 Å². The van der Waals surface area contributed by atoms with Crippen molar-refractivity contribution < 1.29 is 9.59 Å². The number of amides is 2. The van der Waals surface area contributed by atoms with Gasteiger partial charge in [-0.25, -0.2) is 0 Å². The molecule has 1 N–H and O–H groups in total. The Morgan fingerprint density at radius 2 is 1.65 bits per heavy atom. The Balaban J connectivity index is 1.80. The molecule has 1 aliphatic carbocycles. The van der Waals surface area contributed by atoms with Crippen LogP contribution in [0.3, 0.4) is 0 Å². The Morgan fingerprint density at radius 1 is 0.941 bits per heavy atom. The maximum absolute atomic E-state index is 12.3. The van der Waals surface area contributed by atoms with Crippen LogP contribution in [0.1, 0.15) is 38.5 Å². The van der Waals surface area contributed by atoms with Crippen molar-refractivity contribution in [3.8, 4) is 0 Å². The Hall–Kier alpha value is -0.900. The van der Waals surface area contributed by atoms with Crippen molar-refractivity contribution >= 4 is 11.8 Å². The molecule has 3 aliphatic rings. The summed E-state index contributed by atoms with van der Waals surface area (Å²) in [7, 11) is 0. The van der Waals surface area contributed by atoms with Gasteiger partial charge in [-0.3, -0.25) is 14.5 Å². The molecule has 2 aliphatic heterocycles. The van der Waals surface area contributed by atoms with Crippen LogP contribution < -0.4 is 5.32 Å². The fraction of sp³-hybridized carbons (Fsp3) is 0.846. The summed E-state index contributed by atoms with van der Waals surface area (Å²) in [6.07, 6.45) is 5.64. The van der Waals surface area contributed by atoms with Gasteiger partial charge >= 0.3 is 0 Å². The van der Waals surface area contributed by atoms with Crippen molar-refractivity contribution in [1.29, 1.82) is 0 Å². The van der Waals surface area contributed by atoms with E-state index in [-0.39, 0.29) is 29.7 Å². The highest BCUT2D eigenvalue weighted by Crippen LogP contribution is 2.39. The Labute approximate surface area is 102 Å². The van der Waals surface area contributed by atoms with E-state index in [2.05, 4.69) is 5.32 Å². The normalized spacial score (nSPS) is 38.4. The molecule has 3 atom stereocenters. The first-order chi connectivity index (χ1) is 8.27. The van der Waals surface area contributed by atoms with Crippen LogP contribution in [-0.4, -0.2) is 35.8 Å². The molecule has 0 aromatic carbocycles. The first-order valence-electron chi connectivity index (χ1n) is 6.85. The number of likely N-dealkylation sites (tertiary alicyclic amines) is 1. The largest absolute Gasteiger partial charge is 0.317 e. The van der Waals surface area contributed by atoms with Crippen LogP contribution in [0.4, 0.5) is 0 Å². The summed E-state index contributed by atoms with van der Waals surface area (Å²) in [5.41, 5.74) is 0. The fourth-order valence-electron chi connectivity index (χ4n) is 3.55. The standard InChI is InChI=1S/C13H20N2O2/c16-12-9-3-4-10(8-9)13(17)15(12)11-2-1-6-14-7-5-11/h9-11,14H,1-8H2. The van der Waals surface area contributed by atoms with Gasteiger partial charge in [-0.1, -0.05) is 0 Å². The van der Waals surface area contributed by atoms with Gasteiger partial charge in [0.1, 0.15) is 0 Å². The quantitative estimate of drug-likeness (QED) is 0.689. The highest BCUT2D eigenvalue weighted by atomic mass is 16.2. The molecule has 3 fully saturated rings. The highest BCUT2D eigenvalue weighted by Gasteiger charge is 2.47. The Morgan fingerprint density at radius 3 is 2.35 bits per heavy atom. The van der Waals surface area contributed by atoms with Crippen molar-refractivity contribution in [3.63, 3.8) is 0 Å². The number of rotatable bonds is 1. The third kappa shape index (κ3) is 1.88. The molecule has 2 amide bonds. The van der Waals surface area contributed by atoms with Gasteiger partial charge in [-0.15, -0.1) is 0 Å². The van der Waals surface area contributed by atoms with Gasteiger partial charge in [0, 0.05) is 17.9 Å². The number of hydrogen-bond acceptors (Lipinski definition) is 3. The fourth-order valence-corrected chi connectivity index (χ4v) is 3.55. The number of imide groups is 1. The first kappa shape index (κ1) is 11.2. The smallest absolute Gasteiger partial charge is 0.232 e. The van der Waals surface area contributed by atoms with E-state index in [1.165, 1.54) is 0 Å². The molecule has 0 aromatic rings. The molecular formula is C13H20N2O2. The predicted octanol–water partition coefficient (Wildman–Crippen LogP) is 0.914. The van der Waals surface area contributed by atoms with Crippen LogP contribution in [0.25, 0.3) is 0 Å². The van der Waals surface area contributed by atoms with E-state index in [4.69, 9.17) is 0 Å². The third-order valence-electron chi connectivity index (χ3n) is 4.52. The minimum Gasteiger partial charge on any atom is -0.317 e. The van der Waals surface area contributed by atoms with E-state index in [0.717, 1.165) is 51.6 Å². The van der Waals surface area contributed by atoms with Crippen LogP contribution in [-0.2, 0) is 9.59 Å². The molecule has 2 heterocycles. The monoisotopic (exact) mass is 236 g/mol. The van der Waals surface area contributed by atoms with Gasteiger partial charge in [-0.2, -0.15) is 0 Å². The third-order valence-corrected chi connectivity index (χ3v) is 4.52. The molecule has 94 valence electrons.